The van der Waals surface area contributed by atoms with Crippen molar-refractivity contribution in [2.45, 2.75) is 26.3 Å². The summed E-state index contributed by atoms with van der Waals surface area (Å²) in [4.78, 5) is 24.6. The molecule has 2 aromatic rings. The molecule has 0 spiro atoms. The summed E-state index contributed by atoms with van der Waals surface area (Å²) < 4.78 is 5.82. The van der Waals surface area contributed by atoms with Crippen molar-refractivity contribution < 1.29 is 14.3 Å². The van der Waals surface area contributed by atoms with Crippen LogP contribution in [0.2, 0.25) is 0 Å². The quantitative estimate of drug-likeness (QED) is 0.561. The Balaban J connectivity index is 2.01. The van der Waals surface area contributed by atoms with Crippen LogP contribution in [0.5, 0.6) is 5.75 Å². The zero-order chi connectivity index (χ0) is 20.7. The van der Waals surface area contributed by atoms with E-state index in [1.807, 2.05) is 13.8 Å². The number of anilines is 1. The molecular weight excluding hydrogens is 442 g/mol. The molecule has 148 valence electrons. The molecule has 8 heteroatoms. The highest BCUT2D eigenvalue weighted by atomic mass is 79.9. The molecular formula is C20H22BrN3O3S. The molecule has 1 atom stereocenters. The highest BCUT2D eigenvalue weighted by Crippen LogP contribution is 2.25. The molecule has 0 fully saturated rings. The molecule has 0 aromatic heterocycles. The topological polar surface area (TPSA) is 79.5 Å². The number of hydrogen-bond acceptors (Lipinski definition) is 4. The number of rotatable bonds is 6. The van der Waals surface area contributed by atoms with Gasteiger partial charge in [0, 0.05) is 22.9 Å². The standard InChI is InChI=1S/C20H22BrN3O3S/c1-4-12(2)22-18(25)13-6-5-7-15(10-13)23-20(28)24-19(26)14-8-9-17(27-3)16(21)11-14/h5-12H,4H2,1-3H3,(H,22,25)(H2,23,24,26,28). The average molecular weight is 464 g/mol. The fourth-order valence-electron chi connectivity index (χ4n) is 2.29. The molecule has 0 radical (unpaired) electrons. The van der Waals surface area contributed by atoms with Crippen LogP contribution in [-0.4, -0.2) is 30.1 Å². The van der Waals surface area contributed by atoms with Crippen LogP contribution in [-0.2, 0) is 0 Å². The van der Waals surface area contributed by atoms with E-state index in [0.29, 0.717) is 27.0 Å². The summed E-state index contributed by atoms with van der Waals surface area (Å²) in [6.07, 6.45) is 0.848. The molecule has 2 aromatic carbocycles. The van der Waals surface area contributed by atoms with Crippen molar-refractivity contribution in [1.29, 1.82) is 0 Å². The second-order valence-electron chi connectivity index (χ2n) is 6.12. The average Bonchev–Trinajstić information content (AvgIpc) is 2.67. The second-order valence-corrected chi connectivity index (χ2v) is 7.38. The van der Waals surface area contributed by atoms with Gasteiger partial charge in [0.1, 0.15) is 5.75 Å². The number of carbonyl (C=O) groups is 2. The van der Waals surface area contributed by atoms with Crippen LogP contribution in [0.15, 0.2) is 46.9 Å². The minimum Gasteiger partial charge on any atom is -0.496 e. The van der Waals surface area contributed by atoms with Crippen molar-refractivity contribution in [3.63, 3.8) is 0 Å². The van der Waals surface area contributed by atoms with E-state index in [4.69, 9.17) is 17.0 Å². The van der Waals surface area contributed by atoms with E-state index in [-0.39, 0.29) is 23.0 Å². The predicted molar refractivity (Wildman–Crippen MR) is 118 cm³/mol. The van der Waals surface area contributed by atoms with Gasteiger partial charge < -0.3 is 15.4 Å². The van der Waals surface area contributed by atoms with Crippen molar-refractivity contribution in [1.82, 2.24) is 10.6 Å². The van der Waals surface area contributed by atoms with Crippen LogP contribution in [0.3, 0.4) is 0 Å². The number of hydrogen-bond donors (Lipinski definition) is 3. The monoisotopic (exact) mass is 463 g/mol. The molecule has 28 heavy (non-hydrogen) atoms. The summed E-state index contributed by atoms with van der Waals surface area (Å²) in [7, 11) is 1.55. The summed E-state index contributed by atoms with van der Waals surface area (Å²) in [6, 6.07) is 12.0. The molecule has 0 heterocycles. The van der Waals surface area contributed by atoms with Crippen LogP contribution >= 0.6 is 28.1 Å². The van der Waals surface area contributed by atoms with Gasteiger partial charge in [0.25, 0.3) is 11.8 Å². The fraction of sp³-hybridized carbons (Fsp3) is 0.250. The molecule has 2 amide bonds. The second kappa shape index (κ2) is 10.2. The molecule has 1 unspecified atom stereocenters. The number of thiocarbonyl (C=S) groups is 1. The third-order valence-electron chi connectivity index (χ3n) is 4.01. The van der Waals surface area contributed by atoms with Gasteiger partial charge >= 0.3 is 0 Å². The van der Waals surface area contributed by atoms with E-state index < -0.39 is 0 Å². The minimum absolute atomic E-state index is 0.0910. The van der Waals surface area contributed by atoms with E-state index in [1.165, 1.54) is 0 Å². The lowest BCUT2D eigenvalue weighted by molar-refractivity contribution is 0.0937. The molecule has 0 aliphatic heterocycles. The van der Waals surface area contributed by atoms with Gasteiger partial charge in [-0.3, -0.25) is 14.9 Å². The first kappa shape index (κ1) is 21.8. The Bertz CT molecular complexity index is 889. The van der Waals surface area contributed by atoms with Crippen LogP contribution in [0.1, 0.15) is 41.0 Å². The summed E-state index contributed by atoms with van der Waals surface area (Å²) in [5, 5.41) is 8.59. The molecule has 3 N–H and O–H groups in total. The number of methoxy groups -OCH3 is 1. The maximum Gasteiger partial charge on any atom is 0.257 e. The Labute approximate surface area is 178 Å². The highest BCUT2D eigenvalue weighted by molar-refractivity contribution is 9.10. The third kappa shape index (κ3) is 6.03. The SMILES string of the molecule is CCC(C)NC(=O)c1cccc(NC(=S)NC(=O)c2ccc(OC)c(Br)c2)c1. The van der Waals surface area contributed by atoms with Crippen molar-refractivity contribution in [2.75, 3.05) is 12.4 Å². The molecule has 0 aliphatic carbocycles. The van der Waals surface area contributed by atoms with Gasteiger partial charge in [-0.1, -0.05) is 13.0 Å². The number of ether oxygens (including phenoxy) is 1. The predicted octanol–water partition coefficient (Wildman–Crippen LogP) is 4.11. The van der Waals surface area contributed by atoms with Crippen molar-refractivity contribution in [3.05, 3.63) is 58.1 Å². The lowest BCUT2D eigenvalue weighted by atomic mass is 10.1. The van der Waals surface area contributed by atoms with Gasteiger partial charge in [0.15, 0.2) is 5.11 Å². The number of nitrogens with one attached hydrogen (secondary N) is 3. The Morgan fingerprint density at radius 3 is 2.50 bits per heavy atom. The first-order chi connectivity index (χ1) is 13.3. The zero-order valence-corrected chi connectivity index (χ0v) is 18.2. The number of benzene rings is 2. The van der Waals surface area contributed by atoms with E-state index in [1.54, 1.807) is 49.6 Å². The van der Waals surface area contributed by atoms with Gasteiger partial charge in [-0.25, -0.2) is 0 Å². The highest BCUT2D eigenvalue weighted by Gasteiger charge is 2.12. The third-order valence-corrected chi connectivity index (χ3v) is 4.84. The lowest BCUT2D eigenvalue weighted by Gasteiger charge is -2.13. The van der Waals surface area contributed by atoms with Crippen molar-refractivity contribution in [2.24, 2.45) is 0 Å². The van der Waals surface area contributed by atoms with Crippen LogP contribution in [0.25, 0.3) is 0 Å². The van der Waals surface area contributed by atoms with Crippen LogP contribution in [0, 0.1) is 0 Å². The number of halogens is 1. The van der Waals surface area contributed by atoms with Crippen molar-refractivity contribution in [3.8, 4) is 5.75 Å². The maximum atomic E-state index is 12.4. The van der Waals surface area contributed by atoms with Gasteiger partial charge in [-0.15, -0.1) is 0 Å². The Morgan fingerprint density at radius 1 is 1.14 bits per heavy atom. The summed E-state index contributed by atoms with van der Waals surface area (Å²) in [6.45, 7) is 3.95. The zero-order valence-electron chi connectivity index (χ0n) is 15.8. The summed E-state index contributed by atoms with van der Waals surface area (Å²) >= 11 is 8.56. The van der Waals surface area contributed by atoms with E-state index in [9.17, 15) is 9.59 Å². The maximum absolute atomic E-state index is 12.4. The van der Waals surface area contributed by atoms with Gasteiger partial charge in [-0.05, 0) is 77.9 Å². The largest absolute Gasteiger partial charge is 0.496 e. The molecule has 6 nitrogen and oxygen atoms in total. The fourth-order valence-corrected chi connectivity index (χ4v) is 3.04. The number of carbonyl (C=O) groups excluding carboxylic acids is 2. The number of amides is 2. The first-order valence-corrected chi connectivity index (χ1v) is 9.91. The van der Waals surface area contributed by atoms with Gasteiger partial charge in [0.05, 0.1) is 11.6 Å². The molecule has 0 aliphatic rings. The normalized spacial score (nSPS) is 11.3. The van der Waals surface area contributed by atoms with Crippen LogP contribution in [0.4, 0.5) is 5.69 Å². The summed E-state index contributed by atoms with van der Waals surface area (Å²) in [5.74, 6) is 0.118. The van der Waals surface area contributed by atoms with E-state index in [0.717, 1.165) is 6.42 Å². The Kier molecular flexibility index (Phi) is 7.95. The van der Waals surface area contributed by atoms with Gasteiger partial charge in [0.2, 0.25) is 0 Å². The van der Waals surface area contributed by atoms with Crippen molar-refractivity contribution >= 4 is 50.8 Å². The lowest BCUT2D eigenvalue weighted by Crippen LogP contribution is -2.34. The van der Waals surface area contributed by atoms with E-state index >= 15 is 0 Å². The first-order valence-electron chi connectivity index (χ1n) is 8.70. The smallest absolute Gasteiger partial charge is 0.257 e. The Hall–Kier alpha value is -2.45. The molecule has 0 saturated carbocycles. The Morgan fingerprint density at radius 2 is 1.86 bits per heavy atom. The summed E-state index contributed by atoms with van der Waals surface area (Å²) in [5.41, 5.74) is 1.55. The molecule has 0 saturated heterocycles. The molecule has 0 bridgehead atoms. The minimum atomic E-state index is -0.355. The van der Waals surface area contributed by atoms with E-state index in [2.05, 4.69) is 31.9 Å². The van der Waals surface area contributed by atoms with Crippen LogP contribution < -0.4 is 20.7 Å². The molecule has 2 rings (SSSR count). The van der Waals surface area contributed by atoms with Gasteiger partial charge in [-0.2, -0.15) is 0 Å².